The second-order valence-electron chi connectivity index (χ2n) is 9.42. The topological polar surface area (TPSA) is 86.8 Å². The highest BCUT2D eigenvalue weighted by molar-refractivity contribution is 7.92. The summed E-state index contributed by atoms with van der Waals surface area (Å²) in [6.45, 7) is 5.37. The van der Waals surface area contributed by atoms with Crippen LogP contribution in [0.25, 0.3) is 0 Å². The lowest BCUT2D eigenvalue weighted by Gasteiger charge is -2.32. The van der Waals surface area contributed by atoms with Crippen LogP contribution in [0.2, 0.25) is 15.1 Å². The van der Waals surface area contributed by atoms with Gasteiger partial charge in [0.05, 0.1) is 10.6 Å². The first-order chi connectivity index (χ1) is 18.9. The summed E-state index contributed by atoms with van der Waals surface area (Å²) in [7, 11) is -4.23. The average molecular weight is 625 g/mol. The quantitative estimate of drug-likeness (QED) is 0.234. The van der Waals surface area contributed by atoms with Crippen molar-refractivity contribution in [3.8, 4) is 0 Å². The van der Waals surface area contributed by atoms with Gasteiger partial charge in [0.2, 0.25) is 11.8 Å². The van der Waals surface area contributed by atoms with Crippen molar-refractivity contribution in [1.29, 1.82) is 0 Å². The van der Waals surface area contributed by atoms with E-state index in [1.165, 1.54) is 35.2 Å². The Kier molecular flexibility index (Phi) is 11.3. The third-order valence-electron chi connectivity index (χ3n) is 6.26. The van der Waals surface area contributed by atoms with E-state index in [1.54, 1.807) is 43.3 Å². The number of unbranched alkanes of at least 4 members (excludes halogenated alkanes) is 1. The summed E-state index contributed by atoms with van der Waals surface area (Å²) in [6.07, 6.45) is 1.69. The fourth-order valence-corrected chi connectivity index (χ4v) is 6.13. The minimum atomic E-state index is -4.23. The molecule has 0 fully saturated rings. The number of aryl methyl sites for hydroxylation is 1. The number of nitrogens with one attached hydrogen (secondary N) is 1. The van der Waals surface area contributed by atoms with Gasteiger partial charge in [0.15, 0.2) is 0 Å². The van der Waals surface area contributed by atoms with E-state index in [1.807, 2.05) is 13.8 Å². The molecule has 1 atom stereocenters. The summed E-state index contributed by atoms with van der Waals surface area (Å²) in [5.74, 6) is -0.938. The van der Waals surface area contributed by atoms with Crippen LogP contribution in [0, 0.1) is 6.92 Å². The number of nitrogens with zero attached hydrogens (tertiary/aromatic N) is 2. The van der Waals surface area contributed by atoms with Crippen LogP contribution in [0.1, 0.15) is 37.8 Å². The van der Waals surface area contributed by atoms with Crippen molar-refractivity contribution in [2.75, 3.05) is 17.4 Å². The lowest BCUT2D eigenvalue weighted by molar-refractivity contribution is -0.139. The normalized spacial score (nSPS) is 12.1. The Morgan fingerprint density at radius 2 is 1.57 bits per heavy atom. The van der Waals surface area contributed by atoms with Crippen LogP contribution in [0.5, 0.6) is 0 Å². The minimum Gasteiger partial charge on any atom is -0.354 e. The van der Waals surface area contributed by atoms with Crippen LogP contribution in [-0.2, 0) is 26.2 Å². The van der Waals surface area contributed by atoms with Gasteiger partial charge in [-0.05, 0) is 68.3 Å². The van der Waals surface area contributed by atoms with Crippen LogP contribution >= 0.6 is 34.8 Å². The molecule has 0 unspecified atom stereocenters. The monoisotopic (exact) mass is 623 g/mol. The van der Waals surface area contributed by atoms with Gasteiger partial charge in [0.1, 0.15) is 12.6 Å². The molecule has 0 saturated carbocycles. The maximum atomic E-state index is 13.9. The third-order valence-corrected chi connectivity index (χ3v) is 8.72. The number of carbonyl (C=O) groups excluding carboxylic acids is 2. The molecule has 3 aromatic carbocycles. The van der Waals surface area contributed by atoms with Crippen molar-refractivity contribution in [3.63, 3.8) is 0 Å². The van der Waals surface area contributed by atoms with Crippen LogP contribution < -0.4 is 9.62 Å². The molecule has 2 amide bonds. The Labute approximate surface area is 251 Å². The number of halogens is 3. The maximum absolute atomic E-state index is 13.9. The van der Waals surface area contributed by atoms with Crippen molar-refractivity contribution in [3.05, 3.63) is 92.9 Å². The number of benzene rings is 3. The van der Waals surface area contributed by atoms with Crippen LogP contribution in [0.3, 0.4) is 0 Å². The molecule has 7 nitrogen and oxygen atoms in total. The SMILES string of the molecule is CCCCNC(=O)[C@H](C)N(Cc1cccc(Cl)c1)C(=O)CN(c1cc(Cl)cc(Cl)c1)S(=O)(=O)c1ccc(C)cc1. The zero-order valence-electron chi connectivity index (χ0n) is 22.5. The Morgan fingerprint density at radius 3 is 2.17 bits per heavy atom. The van der Waals surface area contributed by atoms with Crippen molar-refractivity contribution < 1.29 is 18.0 Å². The zero-order valence-corrected chi connectivity index (χ0v) is 25.6. The summed E-state index contributed by atoms with van der Waals surface area (Å²) >= 11 is 18.6. The molecule has 214 valence electrons. The summed E-state index contributed by atoms with van der Waals surface area (Å²) < 4.78 is 28.7. The lowest BCUT2D eigenvalue weighted by atomic mass is 10.1. The number of hydrogen-bond acceptors (Lipinski definition) is 4. The number of sulfonamides is 1. The molecule has 3 rings (SSSR count). The molecular formula is C29H32Cl3N3O4S. The van der Waals surface area contributed by atoms with Gasteiger partial charge < -0.3 is 10.2 Å². The van der Waals surface area contributed by atoms with E-state index in [4.69, 9.17) is 34.8 Å². The zero-order chi connectivity index (χ0) is 29.4. The predicted molar refractivity (Wildman–Crippen MR) is 162 cm³/mol. The van der Waals surface area contributed by atoms with Gasteiger partial charge in [0.25, 0.3) is 10.0 Å². The van der Waals surface area contributed by atoms with Gasteiger partial charge in [0, 0.05) is 28.2 Å². The molecule has 0 aliphatic carbocycles. The number of rotatable bonds is 12. The highest BCUT2D eigenvalue weighted by Crippen LogP contribution is 2.30. The molecule has 0 bridgehead atoms. The standard InChI is InChI=1S/C29H32Cl3N3O4S/c1-4-5-13-33-29(37)21(3)34(18-22-7-6-8-23(30)14-22)28(36)19-35(26-16-24(31)15-25(32)17-26)40(38,39)27-11-9-20(2)10-12-27/h6-12,14-17,21H,4-5,13,18-19H2,1-3H3,(H,33,37)/t21-/m0/s1. The van der Waals surface area contributed by atoms with Crippen LogP contribution in [0.4, 0.5) is 5.69 Å². The van der Waals surface area contributed by atoms with E-state index in [9.17, 15) is 18.0 Å². The molecule has 11 heteroatoms. The third kappa shape index (κ3) is 8.36. The largest absolute Gasteiger partial charge is 0.354 e. The van der Waals surface area contributed by atoms with Gasteiger partial charge in [-0.15, -0.1) is 0 Å². The smallest absolute Gasteiger partial charge is 0.264 e. The van der Waals surface area contributed by atoms with E-state index >= 15 is 0 Å². The van der Waals surface area contributed by atoms with Gasteiger partial charge >= 0.3 is 0 Å². The molecule has 0 aliphatic rings. The molecule has 40 heavy (non-hydrogen) atoms. The Bertz CT molecular complexity index is 1430. The van der Waals surface area contributed by atoms with E-state index in [-0.39, 0.29) is 33.1 Å². The molecular weight excluding hydrogens is 593 g/mol. The fraction of sp³-hybridized carbons (Fsp3) is 0.310. The molecule has 0 spiro atoms. The van der Waals surface area contributed by atoms with Gasteiger partial charge in [-0.1, -0.05) is 78.0 Å². The lowest BCUT2D eigenvalue weighted by Crippen LogP contribution is -2.51. The average Bonchev–Trinajstić information content (AvgIpc) is 2.89. The molecule has 3 aromatic rings. The first-order valence-corrected chi connectivity index (χ1v) is 15.4. The summed E-state index contributed by atoms with van der Waals surface area (Å²) in [5, 5.41) is 3.74. The molecule has 0 heterocycles. The maximum Gasteiger partial charge on any atom is 0.264 e. The molecule has 0 radical (unpaired) electrons. The highest BCUT2D eigenvalue weighted by atomic mass is 35.5. The van der Waals surface area contributed by atoms with E-state index in [0.29, 0.717) is 17.1 Å². The van der Waals surface area contributed by atoms with Gasteiger partial charge in [-0.3, -0.25) is 13.9 Å². The van der Waals surface area contributed by atoms with Crippen LogP contribution in [-0.4, -0.2) is 44.3 Å². The molecule has 0 aromatic heterocycles. The first-order valence-electron chi connectivity index (χ1n) is 12.8. The van der Waals surface area contributed by atoms with E-state index < -0.39 is 28.5 Å². The summed E-state index contributed by atoms with van der Waals surface area (Å²) in [5.41, 5.74) is 1.69. The molecule has 1 N–H and O–H groups in total. The first kappa shape index (κ1) is 31.7. The Morgan fingerprint density at radius 1 is 0.925 bits per heavy atom. The minimum absolute atomic E-state index is 0.00579. The van der Waals surface area contributed by atoms with Crippen molar-refractivity contribution in [2.45, 2.75) is 51.1 Å². The fourth-order valence-electron chi connectivity index (χ4n) is 4.00. The van der Waals surface area contributed by atoms with E-state index in [2.05, 4.69) is 5.32 Å². The number of anilines is 1. The van der Waals surface area contributed by atoms with Gasteiger partial charge in [-0.25, -0.2) is 8.42 Å². The van der Waals surface area contributed by atoms with Crippen LogP contribution in [0.15, 0.2) is 71.6 Å². The Hall–Kier alpha value is -2.78. The molecule has 0 saturated heterocycles. The number of amides is 2. The molecule has 0 aliphatic heterocycles. The summed E-state index contributed by atoms with van der Waals surface area (Å²) in [6, 6.07) is 16.7. The van der Waals surface area contributed by atoms with Crippen molar-refractivity contribution in [1.82, 2.24) is 10.2 Å². The van der Waals surface area contributed by atoms with Crippen molar-refractivity contribution in [2.24, 2.45) is 0 Å². The Balaban J connectivity index is 2.03. The van der Waals surface area contributed by atoms with Gasteiger partial charge in [-0.2, -0.15) is 0 Å². The second-order valence-corrected chi connectivity index (χ2v) is 12.6. The highest BCUT2D eigenvalue weighted by Gasteiger charge is 2.32. The number of hydrogen-bond donors (Lipinski definition) is 1. The number of carbonyl (C=O) groups is 2. The van der Waals surface area contributed by atoms with Crippen molar-refractivity contribution >= 4 is 62.3 Å². The summed E-state index contributed by atoms with van der Waals surface area (Å²) in [4.78, 5) is 28.3. The second kappa shape index (κ2) is 14.2. The predicted octanol–water partition coefficient (Wildman–Crippen LogP) is 6.48. The van der Waals surface area contributed by atoms with E-state index in [0.717, 1.165) is 22.7 Å².